The van der Waals surface area contributed by atoms with E-state index in [9.17, 15) is 0 Å². The lowest BCUT2D eigenvalue weighted by molar-refractivity contribution is 0.0224. The Hall–Kier alpha value is -0.160. The SMILES string of the molecule is COCCOCCOCCNC1C2(C)CCC(C2)C1(C)C. The Balaban J connectivity index is 1.57. The molecule has 2 saturated carbocycles. The number of rotatable bonds is 10. The molecule has 4 heteroatoms. The lowest BCUT2D eigenvalue weighted by atomic mass is 9.68. The molecule has 3 unspecified atom stereocenters. The average molecular weight is 299 g/mol. The highest BCUT2D eigenvalue weighted by atomic mass is 16.5. The van der Waals surface area contributed by atoms with Crippen LogP contribution in [0.4, 0.5) is 0 Å². The van der Waals surface area contributed by atoms with Gasteiger partial charge in [-0.15, -0.1) is 0 Å². The second-order valence-corrected chi connectivity index (χ2v) is 7.52. The molecular formula is C17H33NO3. The molecule has 0 amide bonds. The topological polar surface area (TPSA) is 39.7 Å². The van der Waals surface area contributed by atoms with E-state index in [1.807, 2.05) is 0 Å². The van der Waals surface area contributed by atoms with Gasteiger partial charge in [-0.2, -0.15) is 0 Å². The fourth-order valence-corrected chi connectivity index (χ4v) is 4.55. The monoisotopic (exact) mass is 299 g/mol. The third kappa shape index (κ3) is 3.98. The zero-order valence-corrected chi connectivity index (χ0v) is 14.2. The van der Waals surface area contributed by atoms with Gasteiger partial charge in [0, 0.05) is 19.7 Å². The molecular weight excluding hydrogens is 266 g/mol. The maximum absolute atomic E-state index is 5.63. The van der Waals surface area contributed by atoms with Crippen LogP contribution < -0.4 is 5.32 Å². The highest BCUT2D eigenvalue weighted by Gasteiger charge is 2.58. The Morgan fingerprint density at radius 3 is 2.29 bits per heavy atom. The summed E-state index contributed by atoms with van der Waals surface area (Å²) in [6.07, 6.45) is 4.19. The molecule has 0 spiro atoms. The molecule has 3 atom stereocenters. The molecule has 2 rings (SSSR count). The van der Waals surface area contributed by atoms with E-state index in [1.54, 1.807) is 7.11 Å². The van der Waals surface area contributed by atoms with Crippen molar-refractivity contribution in [1.29, 1.82) is 0 Å². The quantitative estimate of drug-likeness (QED) is 0.629. The Morgan fingerprint density at radius 1 is 1.00 bits per heavy atom. The van der Waals surface area contributed by atoms with Gasteiger partial charge in [-0.3, -0.25) is 0 Å². The van der Waals surface area contributed by atoms with E-state index in [0.717, 1.165) is 19.1 Å². The molecule has 0 aliphatic heterocycles. The first-order chi connectivity index (χ1) is 10.0. The van der Waals surface area contributed by atoms with Gasteiger partial charge in [-0.25, -0.2) is 0 Å². The van der Waals surface area contributed by atoms with Gasteiger partial charge in [-0.1, -0.05) is 20.8 Å². The van der Waals surface area contributed by atoms with Crippen LogP contribution in [-0.4, -0.2) is 52.7 Å². The molecule has 4 nitrogen and oxygen atoms in total. The van der Waals surface area contributed by atoms with Crippen molar-refractivity contribution in [2.75, 3.05) is 46.7 Å². The summed E-state index contributed by atoms with van der Waals surface area (Å²) >= 11 is 0. The van der Waals surface area contributed by atoms with E-state index in [0.29, 0.717) is 43.3 Å². The lowest BCUT2D eigenvalue weighted by Crippen LogP contribution is -2.51. The van der Waals surface area contributed by atoms with Gasteiger partial charge < -0.3 is 19.5 Å². The normalized spacial score (nSPS) is 33.7. The molecule has 2 fully saturated rings. The molecule has 0 heterocycles. The van der Waals surface area contributed by atoms with Gasteiger partial charge in [0.2, 0.25) is 0 Å². The largest absolute Gasteiger partial charge is 0.382 e. The van der Waals surface area contributed by atoms with Crippen molar-refractivity contribution in [3.63, 3.8) is 0 Å². The molecule has 0 aromatic heterocycles. The van der Waals surface area contributed by atoms with Crippen LogP contribution >= 0.6 is 0 Å². The van der Waals surface area contributed by atoms with E-state index in [4.69, 9.17) is 14.2 Å². The van der Waals surface area contributed by atoms with Crippen LogP contribution in [-0.2, 0) is 14.2 Å². The van der Waals surface area contributed by atoms with Crippen molar-refractivity contribution in [3.05, 3.63) is 0 Å². The molecule has 2 aliphatic rings. The third-order valence-corrected chi connectivity index (χ3v) is 5.67. The number of fused-ring (bicyclic) bond motifs is 2. The van der Waals surface area contributed by atoms with Crippen LogP contribution in [0.15, 0.2) is 0 Å². The third-order valence-electron chi connectivity index (χ3n) is 5.67. The lowest BCUT2D eigenvalue weighted by Gasteiger charge is -2.43. The molecule has 124 valence electrons. The van der Waals surface area contributed by atoms with Crippen LogP contribution in [0.2, 0.25) is 0 Å². The summed E-state index contributed by atoms with van der Waals surface area (Å²) in [6.45, 7) is 11.7. The van der Waals surface area contributed by atoms with Crippen LogP contribution in [0.3, 0.4) is 0 Å². The highest BCUT2D eigenvalue weighted by molar-refractivity contribution is 5.11. The van der Waals surface area contributed by atoms with Gasteiger partial charge in [-0.05, 0) is 36.0 Å². The standard InChI is InChI=1S/C17H33NO3/c1-16(2)14-5-6-17(3,13-14)15(16)18-7-8-20-11-12-21-10-9-19-4/h14-15,18H,5-13H2,1-4H3. The molecule has 2 bridgehead atoms. The molecule has 2 aliphatic carbocycles. The summed E-state index contributed by atoms with van der Waals surface area (Å²) in [7, 11) is 1.68. The Morgan fingerprint density at radius 2 is 1.67 bits per heavy atom. The summed E-state index contributed by atoms with van der Waals surface area (Å²) in [5.74, 6) is 0.898. The van der Waals surface area contributed by atoms with Gasteiger partial charge in [0.15, 0.2) is 0 Å². The minimum absolute atomic E-state index is 0.427. The van der Waals surface area contributed by atoms with Crippen LogP contribution in [0.25, 0.3) is 0 Å². The maximum Gasteiger partial charge on any atom is 0.0701 e. The van der Waals surface area contributed by atoms with E-state index in [2.05, 4.69) is 26.1 Å². The molecule has 21 heavy (non-hydrogen) atoms. The summed E-state index contributed by atoms with van der Waals surface area (Å²) in [6, 6.07) is 0.630. The highest BCUT2D eigenvalue weighted by Crippen LogP contribution is 2.62. The first-order valence-corrected chi connectivity index (χ1v) is 8.38. The Labute approximate surface area is 129 Å². The Bertz CT molecular complexity index is 316. The summed E-state index contributed by atoms with van der Waals surface area (Å²) in [5, 5.41) is 3.77. The minimum atomic E-state index is 0.427. The fourth-order valence-electron chi connectivity index (χ4n) is 4.55. The van der Waals surface area contributed by atoms with Gasteiger partial charge in [0.1, 0.15) is 0 Å². The average Bonchev–Trinajstić information content (AvgIpc) is 2.91. The number of methoxy groups -OCH3 is 1. The van der Waals surface area contributed by atoms with Crippen molar-refractivity contribution in [2.45, 2.75) is 46.1 Å². The predicted octanol–water partition coefficient (Wildman–Crippen LogP) is 2.47. The van der Waals surface area contributed by atoms with E-state index in [-0.39, 0.29) is 0 Å². The Kier molecular flexibility index (Phi) is 6.06. The number of hydrogen-bond donors (Lipinski definition) is 1. The predicted molar refractivity (Wildman–Crippen MR) is 84.5 cm³/mol. The van der Waals surface area contributed by atoms with Gasteiger partial charge >= 0.3 is 0 Å². The van der Waals surface area contributed by atoms with E-state index >= 15 is 0 Å². The molecule has 0 aromatic rings. The first-order valence-electron chi connectivity index (χ1n) is 8.38. The van der Waals surface area contributed by atoms with Crippen molar-refractivity contribution < 1.29 is 14.2 Å². The van der Waals surface area contributed by atoms with Crippen LogP contribution in [0.5, 0.6) is 0 Å². The van der Waals surface area contributed by atoms with E-state index in [1.165, 1.54) is 19.3 Å². The van der Waals surface area contributed by atoms with Gasteiger partial charge in [0.25, 0.3) is 0 Å². The zero-order chi connectivity index (χ0) is 15.3. The second-order valence-electron chi connectivity index (χ2n) is 7.52. The zero-order valence-electron chi connectivity index (χ0n) is 14.2. The fraction of sp³-hybridized carbons (Fsp3) is 1.00. The summed E-state index contributed by atoms with van der Waals surface area (Å²) in [5.41, 5.74) is 0.924. The summed E-state index contributed by atoms with van der Waals surface area (Å²) < 4.78 is 15.9. The van der Waals surface area contributed by atoms with Crippen LogP contribution in [0.1, 0.15) is 40.0 Å². The van der Waals surface area contributed by atoms with Crippen molar-refractivity contribution in [1.82, 2.24) is 5.32 Å². The summed E-state index contributed by atoms with van der Waals surface area (Å²) in [4.78, 5) is 0. The van der Waals surface area contributed by atoms with Gasteiger partial charge in [0.05, 0.1) is 33.0 Å². The minimum Gasteiger partial charge on any atom is -0.382 e. The molecule has 0 aromatic carbocycles. The van der Waals surface area contributed by atoms with E-state index < -0.39 is 0 Å². The first kappa shape index (κ1) is 17.2. The van der Waals surface area contributed by atoms with Crippen molar-refractivity contribution in [2.24, 2.45) is 16.7 Å². The number of nitrogens with one attached hydrogen (secondary N) is 1. The molecule has 1 N–H and O–H groups in total. The second kappa shape index (κ2) is 7.40. The van der Waals surface area contributed by atoms with Crippen LogP contribution in [0, 0.1) is 16.7 Å². The number of ether oxygens (including phenoxy) is 3. The molecule has 0 saturated heterocycles. The van der Waals surface area contributed by atoms with Crippen molar-refractivity contribution in [3.8, 4) is 0 Å². The maximum atomic E-state index is 5.63. The smallest absolute Gasteiger partial charge is 0.0701 e. The van der Waals surface area contributed by atoms with Crippen molar-refractivity contribution >= 4 is 0 Å². The molecule has 0 radical (unpaired) electrons. The number of hydrogen-bond acceptors (Lipinski definition) is 4.